The lowest BCUT2D eigenvalue weighted by Gasteiger charge is -2.34. The van der Waals surface area contributed by atoms with Gasteiger partial charge >= 0.3 is 0 Å². The molecule has 1 heterocycles. The zero-order chi connectivity index (χ0) is 16.5. The molecule has 0 amide bonds. The molecule has 1 aromatic rings. The Bertz CT molecular complexity index is 485. The zero-order valence-corrected chi connectivity index (χ0v) is 15.5. The van der Waals surface area contributed by atoms with E-state index in [-0.39, 0.29) is 0 Å². The van der Waals surface area contributed by atoms with Crippen LogP contribution in [-0.4, -0.2) is 56.9 Å². The molecule has 0 spiro atoms. The minimum absolute atomic E-state index is 0.398. The standard InChI is InChI=1S/C17H26BrN3O2/c1-3-22-16-8-11-21(12-9-16)17(19-2)20-10-13-23-15-6-4-14(18)5-7-15/h4-7,16H,3,8-13H2,1-2H3,(H,19,20). The van der Waals surface area contributed by atoms with Crippen LogP contribution in [0.2, 0.25) is 0 Å². The number of nitrogens with zero attached hydrogens (tertiary/aromatic N) is 2. The number of halogens is 1. The average Bonchev–Trinajstić information content (AvgIpc) is 2.58. The van der Waals surface area contributed by atoms with Crippen molar-refractivity contribution in [1.29, 1.82) is 0 Å². The zero-order valence-electron chi connectivity index (χ0n) is 13.9. The van der Waals surface area contributed by atoms with Crippen molar-refractivity contribution in [2.45, 2.75) is 25.9 Å². The molecule has 1 aliphatic heterocycles. The Morgan fingerprint density at radius 2 is 2.00 bits per heavy atom. The van der Waals surface area contributed by atoms with Crippen LogP contribution < -0.4 is 10.1 Å². The number of piperidine rings is 1. The number of hydrogen-bond donors (Lipinski definition) is 1. The van der Waals surface area contributed by atoms with Crippen molar-refractivity contribution in [3.8, 4) is 5.75 Å². The summed E-state index contributed by atoms with van der Waals surface area (Å²) >= 11 is 3.42. The molecule has 0 radical (unpaired) electrons. The van der Waals surface area contributed by atoms with Gasteiger partial charge in [-0.25, -0.2) is 0 Å². The maximum absolute atomic E-state index is 5.72. The van der Waals surface area contributed by atoms with E-state index in [1.165, 1.54) is 0 Å². The van der Waals surface area contributed by atoms with Gasteiger partial charge in [-0.3, -0.25) is 4.99 Å². The van der Waals surface area contributed by atoms with Gasteiger partial charge in [0.15, 0.2) is 5.96 Å². The van der Waals surface area contributed by atoms with Crippen molar-refractivity contribution in [2.24, 2.45) is 4.99 Å². The van der Waals surface area contributed by atoms with E-state index in [1.807, 2.05) is 31.3 Å². The lowest BCUT2D eigenvalue weighted by Crippen LogP contribution is -2.47. The number of benzene rings is 1. The Morgan fingerprint density at radius 3 is 2.61 bits per heavy atom. The van der Waals surface area contributed by atoms with Gasteiger partial charge in [-0.2, -0.15) is 0 Å². The van der Waals surface area contributed by atoms with Gasteiger partial charge in [0.1, 0.15) is 12.4 Å². The van der Waals surface area contributed by atoms with Gasteiger partial charge in [-0.05, 0) is 44.0 Å². The minimum Gasteiger partial charge on any atom is -0.492 e. The van der Waals surface area contributed by atoms with E-state index in [0.717, 1.165) is 55.3 Å². The Kier molecular flexibility index (Phi) is 7.68. The van der Waals surface area contributed by atoms with Crippen molar-refractivity contribution >= 4 is 21.9 Å². The first kappa shape index (κ1) is 18.1. The number of nitrogens with one attached hydrogen (secondary N) is 1. The van der Waals surface area contributed by atoms with Gasteiger partial charge in [-0.15, -0.1) is 0 Å². The molecule has 1 N–H and O–H groups in total. The van der Waals surface area contributed by atoms with Crippen LogP contribution in [0.3, 0.4) is 0 Å². The smallest absolute Gasteiger partial charge is 0.193 e. The summed E-state index contributed by atoms with van der Waals surface area (Å²) in [5.41, 5.74) is 0. The number of ether oxygens (including phenoxy) is 2. The topological polar surface area (TPSA) is 46.1 Å². The second kappa shape index (κ2) is 9.78. The van der Waals surface area contributed by atoms with Crippen molar-refractivity contribution < 1.29 is 9.47 Å². The first-order valence-electron chi connectivity index (χ1n) is 8.18. The molecule has 128 valence electrons. The van der Waals surface area contributed by atoms with Gasteiger partial charge in [0.25, 0.3) is 0 Å². The van der Waals surface area contributed by atoms with Gasteiger partial charge in [-0.1, -0.05) is 15.9 Å². The predicted molar refractivity (Wildman–Crippen MR) is 97.2 cm³/mol. The highest BCUT2D eigenvalue weighted by molar-refractivity contribution is 9.10. The molecular weight excluding hydrogens is 358 g/mol. The molecule has 1 aliphatic rings. The maximum atomic E-state index is 5.72. The highest BCUT2D eigenvalue weighted by Crippen LogP contribution is 2.16. The molecule has 1 fully saturated rings. The molecule has 2 rings (SSSR count). The predicted octanol–water partition coefficient (Wildman–Crippen LogP) is 2.90. The summed E-state index contributed by atoms with van der Waals surface area (Å²) in [7, 11) is 1.83. The number of likely N-dealkylation sites (tertiary alicyclic amines) is 1. The lowest BCUT2D eigenvalue weighted by atomic mass is 10.1. The van der Waals surface area contributed by atoms with Gasteiger partial charge in [0.2, 0.25) is 0 Å². The van der Waals surface area contributed by atoms with Crippen LogP contribution in [-0.2, 0) is 4.74 Å². The Balaban J connectivity index is 1.68. The lowest BCUT2D eigenvalue weighted by molar-refractivity contribution is 0.0263. The third kappa shape index (κ3) is 6.03. The molecule has 0 saturated carbocycles. The summed E-state index contributed by atoms with van der Waals surface area (Å²) in [5, 5.41) is 3.37. The van der Waals surface area contributed by atoms with E-state index in [2.05, 4.69) is 38.1 Å². The monoisotopic (exact) mass is 383 g/mol. The fourth-order valence-corrected chi connectivity index (χ4v) is 2.93. The largest absolute Gasteiger partial charge is 0.492 e. The van der Waals surface area contributed by atoms with Crippen LogP contribution in [0.15, 0.2) is 33.7 Å². The summed E-state index contributed by atoms with van der Waals surface area (Å²) in [6.07, 6.45) is 2.52. The average molecular weight is 384 g/mol. The molecule has 0 aliphatic carbocycles. The fourth-order valence-electron chi connectivity index (χ4n) is 2.66. The van der Waals surface area contributed by atoms with Crippen LogP contribution in [0.25, 0.3) is 0 Å². The van der Waals surface area contributed by atoms with Crippen LogP contribution in [0, 0.1) is 0 Å². The molecule has 0 bridgehead atoms. The van der Waals surface area contributed by atoms with Crippen molar-refractivity contribution in [2.75, 3.05) is 39.9 Å². The van der Waals surface area contributed by atoms with Gasteiger partial charge in [0.05, 0.1) is 12.6 Å². The molecule has 6 heteroatoms. The number of rotatable bonds is 6. The van der Waals surface area contributed by atoms with E-state index >= 15 is 0 Å². The van der Waals surface area contributed by atoms with Crippen molar-refractivity contribution in [3.05, 3.63) is 28.7 Å². The highest BCUT2D eigenvalue weighted by Gasteiger charge is 2.21. The summed E-state index contributed by atoms with van der Waals surface area (Å²) in [4.78, 5) is 6.65. The van der Waals surface area contributed by atoms with E-state index in [0.29, 0.717) is 12.7 Å². The first-order valence-corrected chi connectivity index (χ1v) is 8.97. The molecule has 1 aromatic carbocycles. The van der Waals surface area contributed by atoms with Crippen LogP contribution in [0.1, 0.15) is 19.8 Å². The summed E-state index contributed by atoms with van der Waals surface area (Å²) in [6, 6.07) is 7.86. The molecule has 0 aromatic heterocycles. The summed E-state index contributed by atoms with van der Waals surface area (Å²) in [6.45, 7) is 6.16. The molecular formula is C17H26BrN3O2. The molecule has 1 saturated heterocycles. The van der Waals surface area contributed by atoms with Crippen molar-refractivity contribution in [1.82, 2.24) is 10.2 Å². The second-order valence-electron chi connectivity index (χ2n) is 5.42. The number of guanidine groups is 1. The van der Waals surface area contributed by atoms with E-state index < -0.39 is 0 Å². The number of hydrogen-bond acceptors (Lipinski definition) is 3. The maximum Gasteiger partial charge on any atom is 0.193 e. The van der Waals surface area contributed by atoms with Gasteiger partial charge in [0, 0.05) is 31.2 Å². The normalized spacial score (nSPS) is 16.5. The number of aliphatic imine (C=N–C) groups is 1. The van der Waals surface area contributed by atoms with E-state index in [1.54, 1.807) is 0 Å². The molecule has 23 heavy (non-hydrogen) atoms. The van der Waals surface area contributed by atoms with Crippen molar-refractivity contribution in [3.63, 3.8) is 0 Å². The van der Waals surface area contributed by atoms with Crippen LogP contribution in [0.5, 0.6) is 5.75 Å². The van der Waals surface area contributed by atoms with Crippen LogP contribution in [0.4, 0.5) is 0 Å². The van der Waals surface area contributed by atoms with E-state index in [4.69, 9.17) is 9.47 Å². The molecule has 0 atom stereocenters. The SMILES string of the molecule is CCOC1CCN(C(=NC)NCCOc2ccc(Br)cc2)CC1. The highest BCUT2D eigenvalue weighted by atomic mass is 79.9. The van der Waals surface area contributed by atoms with Crippen LogP contribution >= 0.6 is 15.9 Å². The first-order chi connectivity index (χ1) is 11.2. The fraction of sp³-hybridized carbons (Fsp3) is 0.588. The quantitative estimate of drug-likeness (QED) is 0.466. The summed E-state index contributed by atoms with van der Waals surface area (Å²) in [5.74, 6) is 1.82. The third-order valence-corrected chi connectivity index (χ3v) is 4.35. The second-order valence-corrected chi connectivity index (χ2v) is 6.33. The van der Waals surface area contributed by atoms with E-state index in [9.17, 15) is 0 Å². The molecule has 5 nitrogen and oxygen atoms in total. The summed E-state index contributed by atoms with van der Waals surface area (Å²) < 4.78 is 12.5. The Hall–Kier alpha value is -1.27. The minimum atomic E-state index is 0.398. The Labute approximate surface area is 147 Å². The Morgan fingerprint density at radius 1 is 1.30 bits per heavy atom. The van der Waals surface area contributed by atoms with Gasteiger partial charge < -0.3 is 19.7 Å². The third-order valence-electron chi connectivity index (χ3n) is 3.82. The molecule has 0 unspecified atom stereocenters.